The van der Waals surface area contributed by atoms with Crippen LogP contribution in [0.15, 0.2) is 12.1 Å². The number of nitrogens with zero attached hydrogens (tertiary/aromatic N) is 1. The molecule has 0 unspecified atom stereocenters. The van der Waals surface area contributed by atoms with E-state index < -0.39 is 6.10 Å². The molecule has 5 heteroatoms. The lowest BCUT2D eigenvalue weighted by molar-refractivity contribution is 0.0913. The molecule has 1 atom stereocenters. The Morgan fingerprint density at radius 1 is 1.62 bits per heavy atom. The predicted octanol–water partition coefficient (Wildman–Crippen LogP) is 1.54. The van der Waals surface area contributed by atoms with Crippen molar-refractivity contribution in [1.82, 2.24) is 10.3 Å². The highest BCUT2D eigenvalue weighted by molar-refractivity contribution is 6.32. The van der Waals surface area contributed by atoms with Gasteiger partial charge in [0.1, 0.15) is 5.15 Å². The van der Waals surface area contributed by atoms with Gasteiger partial charge in [0.2, 0.25) is 0 Å². The van der Waals surface area contributed by atoms with Gasteiger partial charge in [-0.1, -0.05) is 18.5 Å². The molecule has 1 heterocycles. The summed E-state index contributed by atoms with van der Waals surface area (Å²) in [5, 5.41) is 12.1. The Bertz CT molecular complexity index is 382. The van der Waals surface area contributed by atoms with Crippen molar-refractivity contribution >= 4 is 17.5 Å². The van der Waals surface area contributed by atoms with E-state index in [1.165, 1.54) is 0 Å². The van der Waals surface area contributed by atoms with E-state index >= 15 is 0 Å². The van der Waals surface area contributed by atoms with Crippen LogP contribution in [0.3, 0.4) is 0 Å². The Balaban J connectivity index is 2.66. The molecule has 2 N–H and O–H groups in total. The van der Waals surface area contributed by atoms with Gasteiger partial charge in [0, 0.05) is 12.2 Å². The molecular weight excluding hydrogens is 228 g/mol. The number of carbonyl (C=O) groups excluding carboxylic acids is 1. The summed E-state index contributed by atoms with van der Waals surface area (Å²) in [5.41, 5.74) is 1.09. The second-order valence-corrected chi connectivity index (χ2v) is 3.92. The summed E-state index contributed by atoms with van der Waals surface area (Å²) >= 11 is 5.84. The molecular formula is C11H15ClN2O2. The Morgan fingerprint density at radius 3 is 2.88 bits per heavy atom. The highest BCUT2D eigenvalue weighted by Crippen LogP contribution is 2.13. The number of aliphatic hydroxyl groups is 1. The van der Waals surface area contributed by atoms with Crippen LogP contribution in [-0.2, 0) is 0 Å². The zero-order valence-corrected chi connectivity index (χ0v) is 10.1. The molecule has 1 amide bonds. The molecule has 0 bridgehead atoms. The lowest BCUT2D eigenvalue weighted by Crippen LogP contribution is -2.32. The quantitative estimate of drug-likeness (QED) is 0.788. The SMILES string of the molecule is CC[C@H](O)CNC(=O)c1ccc(C)nc1Cl. The maximum Gasteiger partial charge on any atom is 0.254 e. The van der Waals surface area contributed by atoms with E-state index in [4.69, 9.17) is 11.6 Å². The minimum atomic E-state index is -0.527. The van der Waals surface area contributed by atoms with Crippen LogP contribution in [-0.4, -0.2) is 28.6 Å². The summed E-state index contributed by atoms with van der Waals surface area (Å²) in [6.07, 6.45) is 0.0707. The van der Waals surface area contributed by atoms with Gasteiger partial charge in [0.05, 0.1) is 11.7 Å². The first kappa shape index (κ1) is 12.9. The Morgan fingerprint density at radius 2 is 2.31 bits per heavy atom. The zero-order chi connectivity index (χ0) is 12.1. The molecule has 0 spiro atoms. The van der Waals surface area contributed by atoms with Gasteiger partial charge in [0.15, 0.2) is 0 Å². The monoisotopic (exact) mass is 242 g/mol. The molecule has 0 aliphatic heterocycles. The Labute approximate surface area is 99.6 Å². The molecule has 0 aliphatic rings. The van der Waals surface area contributed by atoms with E-state index in [1.54, 1.807) is 19.1 Å². The molecule has 4 nitrogen and oxygen atoms in total. The van der Waals surface area contributed by atoms with Crippen LogP contribution in [0.4, 0.5) is 0 Å². The normalized spacial score (nSPS) is 12.2. The van der Waals surface area contributed by atoms with E-state index in [-0.39, 0.29) is 17.6 Å². The first-order valence-electron chi connectivity index (χ1n) is 5.14. The molecule has 0 radical (unpaired) electrons. The Hall–Kier alpha value is -1.13. The van der Waals surface area contributed by atoms with Gasteiger partial charge >= 0.3 is 0 Å². The molecule has 1 aromatic heterocycles. The van der Waals surface area contributed by atoms with Crippen molar-refractivity contribution in [2.45, 2.75) is 26.4 Å². The number of hydrogen-bond donors (Lipinski definition) is 2. The molecule has 0 saturated carbocycles. The number of carbonyl (C=O) groups is 1. The van der Waals surface area contributed by atoms with Crippen molar-refractivity contribution in [2.75, 3.05) is 6.54 Å². The smallest absolute Gasteiger partial charge is 0.254 e. The summed E-state index contributed by atoms with van der Waals surface area (Å²) < 4.78 is 0. The minimum absolute atomic E-state index is 0.184. The fourth-order valence-corrected chi connectivity index (χ4v) is 1.43. The lowest BCUT2D eigenvalue weighted by atomic mass is 10.2. The molecule has 16 heavy (non-hydrogen) atoms. The number of aryl methyl sites for hydroxylation is 1. The Kier molecular flexibility index (Phi) is 4.71. The van der Waals surface area contributed by atoms with E-state index in [1.807, 2.05) is 6.92 Å². The summed E-state index contributed by atoms with van der Waals surface area (Å²) in [6, 6.07) is 3.34. The predicted molar refractivity (Wildman–Crippen MR) is 62.6 cm³/mol. The van der Waals surface area contributed by atoms with Crippen molar-refractivity contribution in [3.05, 3.63) is 28.5 Å². The van der Waals surface area contributed by atoms with Gasteiger partial charge in [-0.3, -0.25) is 4.79 Å². The number of aromatic nitrogens is 1. The number of hydrogen-bond acceptors (Lipinski definition) is 3. The third-order valence-corrected chi connectivity index (χ3v) is 2.49. The molecule has 1 rings (SSSR count). The highest BCUT2D eigenvalue weighted by Gasteiger charge is 2.12. The topological polar surface area (TPSA) is 62.2 Å². The molecule has 0 aliphatic carbocycles. The zero-order valence-electron chi connectivity index (χ0n) is 9.33. The number of pyridine rings is 1. The van der Waals surface area contributed by atoms with E-state index in [0.29, 0.717) is 12.0 Å². The van der Waals surface area contributed by atoms with Crippen molar-refractivity contribution in [3.63, 3.8) is 0 Å². The number of rotatable bonds is 4. The van der Waals surface area contributed by atoms with E-state index in [2.05, 4.69) is 10.3 Å². The van der Waals surface area contributed by atoms with Crippen LogP contribution < -0.4 is 5.32 Å². The number of aliphatic hydroxyl groups excluding tert-OH is 1. The van der Waals surface area contributed by atoms with E-state index in [0.717, 1.165) is 5.69 Å². The van der Waals surface area contributed by atoms with Gasteiger partial charge in [-0.15, -0.1) is 0 Å². The van der Waals surface area contributed by atoms with E-state index in [9.17, 15) is 9.90 Å². The van der Waals surface area contributed by atoms with Gasteiger partial charge < -0.3 is 10.4 Å². The van der Waals surface area contributed by atoms with Crippen LogP contribution in [0, 0.1) is 6.92 Å². The molecule has 1 aromatic rings. The number of halogens is 1. The molecule has 0 fully saturated rings. The summed E-state index contributed by atoms with van der Waals surface area (Å²) in [4.78, 5) is 15.6. The maximum absolute atomic E-state index is 11.7. The summed E-state index contributed by atoms with van der Waals surface area (Å²) in [5.74, 6) is -0.315. The van der Waals surface area contributed by atoms with Crippen LogP contribution in [0.5, 0.6) is 0 Å². The van der Waals surface area contributed by atoms with Crippen LogP contribution >= 0.6 is 11.6 Å². The second-order valence-electron chi connectivity index (χ2n) is 3.56. The van der Waals surface area contributed by atoms with Gasteiger partial charge in [0.25, 0.3) is 5.91 Å². The van der Waals surface area contributed by atoms with Crippen LogP contribution in [0.25, 0.3) is 0 Å². The fourth-order valence-electron chi connectivity index (χ4n) is 1.14. The van der Waals surface area contributed by atoms with Gasteiger partial charge in [-0.2, -0.15) is 0 Å². The summed E-state index contributed by atoms with van der Waals surface area (Å²) in [7, 11) is 0. The number of amides is 1. The standard InChI is InChI=1S/C11H15ClN2O2/c1-3-8(15)6-13-11(16)9-5-4-7(2)14-10(9)12/h4-5,8,15H,3,6H2,1-2H3,(H,13,16)/t8-/m0/s1. The average Bonchev–Trinajstić information content (AvgIpc) is 2.25. The summed E-state index contributed by atoms with van der Waals surface area (Å²) in [6.45, 7) is 3.87. The largest absolute Gasteiger partial charge is 0.391 e. The van der Waals surface area contributed by atoms with Crippen molar-refractivity contribution < 1.29 is 9.90 Å². The van der Waals surface area contributed by atoms with Crippen LogP contribution in [0.2, 0.25) is 5.15 Å². The van der Waals surface area contributed by atoms with Crippen LogP contribution in [0.1, 0.15) is 29.4 Å². The lowest BCUT2D eigenvalue weighted by Gasteiger charge is -2.10. The van der Waals surface area contributed by atoms with Gasteiger partial charge in [-0.05, 0) is 25.5 Å². The second kappa shape index (κ2) is 5.82. The number of nitrogens with one attached hydrogen (secondary N) is 1. The molecule has 0 aromatic carbocycles. The fraction of sp³-hybridized carbons (Fsp3) is 0.455. The van der Waals surface area contributed by atoms with Crippen molar-refractivity contribution in [1.29, 1.82) is 0 Å². The first-order chi connectivity index (χ1) is 7.54. The molecule has 0 saturated heterocycles. The highest BCUT2D eigenvalue weighted by atomic mass is 35.5. The van der Waals surface area contributed by atoms with Gasteiger partial charge in [-0.25, -0.2) is 4.98 Å². The first-order valence-corrected chi connectivity index (χ1v) is 5.51. The molecule has 88 valence electrons. The minimum Gasteiger partial charge on any atom is -0.391 e. The average molecular weight is 243 g/mol. The maximum atomic E-state index is 11.7. The third kappa shape index (κ3) is 3.47. The van der Waals surface area contributed by atoms with Crippen molar-refractivity contribution in [2.24, 2.45) is 0 Å². The third-order valence-electron chi connectivity index (χ3n) is 2.20. The van der Waals surface area contributed by atoms with Crippen molar-refractivity contribution in [3.8, 4) is 0 Å².